The molecule has 1 heterocycles. The van der Waals surface area contributed by atoms with Crippen molar-refractivity contribution in [3.8, 4) is 22.1 Å². The van der Waals surface area contributed by atoms with Crippen LogP contribution in [0.5, 0.6) is 11.5 Å². The molecule has 1 amide bonds. The minimum absolute atomic E-state index is 0.113. The third kappa shape index (κ3) is 4.54. The third-order valence-electron chi connectivity index (χ3n) is 4.45. The van der Waals surface area contributed by atoms with E-state index in [0.29, 0.717) is 22.2 Å². The van der Waals surface area contributed by atoms with Crippen molar-refractivity contribution in [2.75, 3.05) is 7.11 Å². The van der Waals surface area contributed by atoms with Crippen molar-refractivity contribution in [2.24, 2.45) is 0 Å². The number of benzene rings is 2. The van der Waals surface area contributed by atoms with Crippen molar-refractivity contribution in [1.82, 2.24) is 10.3 Å². The quantitative estimate of drug-likeness (QED) is 0.613. The van der Waals surface area contributed by atoms with Gasteiger partial charge in [0.1, 0.15) is 28.9 Å². The van der Waals surface area contributed by atoms with Crippen molar-refractivity contribution >= 4 is 17.2 Å². The number of thiazole rings is 1. The molecule has 1 aromatic heterocycles. The molecule has 1 saturated carbocycles. The van der Waals surface area contributed by atoms with Gasteiger partial charge in [0.15, 0.2) is 11.5 Å². The molecule has 0 radical (unpaired) electrons. The molecule has 29 heavy (non-hydrogen) atoms. The van der Waals surface area contributed by atoms with Gasteiger partial charge in [0.05, 0.1) is 7.11 Å². The minimum atomic E-state index is -0.540. The lowest BCUT2D eigenvalue weighted by molar-refractivity contribution is 0.0947. The zero-order chi connectivity index (χ0) is 20.4. The smallest absolute Gasteiger partial charge is 0.270 e. The van der Waals surface area contributed by atoms with E-state index >= 15 is 0 Å². The molecule has 0 saturated heterocycles. The van der Waals surface area contributed by atoms with E-state index in [4.69, 9.17) is 9.47 Å². The maximum Gasteiger partial charge on any atom is 0.270 e. The largest absolute Gasteiger partial charge is 0.493 e. The van der Waals surface area contributed by atoms with E-state index in [9.17, 15) is 13.6 Å². The second-order valence-electron chi connectivity index (χ2n) is 6.68. The Labute approximate surface area is 170 Å². The third-order valence-corrected chi connectivity index (χ3v) is 5.34. The van der Waals surface area contributed by atoms with Gasteiger partial charge in [0.25, 0.3) is 5.91 Å². The van der Waals surface area contributed by atoms with Crippen LogP contribution < -0.4 is 14.8 Å². The van der Waals surface area contributed by atoms with Crippen LogP contribution in [0.25, 0.3) is 10.6 Å². The number of hydrogen-bond acceptors (Lipinski definition) is 5. The first kappa shape index (κ1) is 19.3. The molecule has 150 valence electrons. The summed E-state index contributed by atoms with van der Waals surface area (Å²) in [4.78, 5) is 16.5. The van der Waals surface area contributed by atoms with Crippen LogP contribution in [0.4, 0.5) is 8.78 Å². The monoisotopic (exact) mass is 416 g/mol. The average molecular weight is 416 g/mol. The van der Waals surface area contributed by atoms with Crippen molar-refractivity contribution < 1.29 is 23.0 Å². The van der Waals surface area contributed by atoms with Crippen LogP contribution in [0.15, 0.2) is 41.8 Å². The minimum Gasteiger partial charge on any atom is -0.493 e. The second kappa shape index (κ2) is 8.16. The summed E-state index contributed by atoms with van der Waals surface area (Å²) in [5.74, 6) is -0.417. The van der Waals surface area contributed by atoms with Gasteiger partial charge in [-0.05, 0) is 49.2 Å². The first-order valence-corrected chi connectivity index (χ1v) is 9.93. The number of rotatable bonds is 7. The van der Waals surface area contributed by atoms with E-state index in [1.54, 1.807) is 23.6 Å². The van der Waals surface area contributed by atoms with Gasteiger partial charge in [-0.15, -0.1) is 11.3 Å². The fourth-order valence-corrected chi connectivity index (χ4v) is 3.52. The molecule has 1 N–H and O–H groups in total. The second-order valence-corrected chi connectivity index (χ2v) is 7.53. The summed E-state index contributed by atoms with van der Waals surface area (Å²) in [5.41, 5.74) is 1.27. The normalized spacial score (nSPS) is 13.2. The molecule has 1 aliphatic carbocycles. The van der Waals surface area contributed by atoms with Crippen LogP contribution in [-0.4, -0.2) is 24.0 Å². The molecule has 8 heteroatoms. The topological polar surface area (TPSA) is 60.5 Å². The lowest BCUT2D eigenvalue weighted by atomic mass is 10.2. The summed E-state index contributed by atoms with van der Waals surface area (Å²) in [7, 11) is 1.49. The molecule has 3 aromatic rings. The fraction of sp³-hybridized carbons (Fsp3) is 0.238. The van der Waals surface area contributed by atoms with E-state index in [-0.39, 0.29) is 24.1 Å². The Hall–Kier alpha value is -3.00. The van der Waals surface area contributed by atoms with Crippen molar-refractivity contribution in [3.05, 3.63) is 64.7 Å². The summed E-state index contributed by atoms with van der Waals surface area (Å²) in [5, 5.41) is 5.30. The van der Waals surface area contributed by atoms with Crippen LogP contribution >= 0.6 is 11.3 Å². The number of nitrogens with one attached hydrogen (secondary N) is 1. The van der Waals surface area contributed by atoms with Gasteiger partial charge < -0.3 is 14.8 Å². The average Bonchev–Trinajstić information content (AvgIpc) is 3.39. The Morgan fingerprint density at radius 3 is 2.79 bits per heavy atom. The molecule has 0 atom stereocenters. The van der Waals surface area contributed by atoms with E-state index in [1.165, 1.54) is 18.4 Å². The number of halogens is 2. The number of hydrogen-bond donors (Lipinski definition) is 1. The van der Waals surface area contributed by atoms with Gasteiger partial charge in [0, 0.05) is 22.5 Å². The van der Waals surface area contributed by atoms with Crippen LogP contribution in [-0.2, 0) is 6.61 Å². The summed E-state index contributed by atoms with van der Waals surface area (Å²) in [6.07, 6.45) is 2.03. The van der Waals surface area contributed by atoms with Crippen LogP contribution in [0.3, 0.4) is 0 Å². The lowest BCUT2D eigenvalue weighted by Crippen LogP contribution is -2.25. The molecule has 0 spiro atoms. The zero-order valence-electron chi connectivity index (χ0n) is 15.6. The van der Waals surface area contributed by atoms with Gasteiger partial charge >= 0.3 is 0 Å². The Morgan fingerprint density at radius 1 is 1.21 bits per heavy atom. The first-order valence-electron chi connectivity index (χ1n) is 9.05. The maximum atomic E-state index is 13.8. The summed E-state index contributed by atoms with van der Waals surface area (Å²) < 4.78 is 38.1. The highest BCUT2D eigenvalue weighted by Crippen LogP contribution is 2.34. The number of carbonyl (C=O) groups is 1. The zero-order valence-corrected chi connectivity index (χ0v) is 16.4. The highest BCUT2D eigenvalue weighted by Gasteiger charge is 2.25. The Morgan fingerprint density at radius 2 is 2.03 bits per heavy atom. The van der Waals surface area contributed by atoms with E-state index < -0.39 is 11.6 Å². The molecule has 2 aromatic carbocycles. The molecular formula is C21H18F2N2O3S. The van der Waals surface area contributed by atoms with E-state index in [2.05, 4.69) is 10.3 Å². The molecule has 5 nitrogen and oxygen atoms in total. The standard InChI is InChI=1S/C21H18F2N2O3S/c1-27-19-9-12(21-25-17(11-29-21)20(26)24-15-4-5-15)2-7-18(19)28-10-13-8-14(22)3-6-16(13)23/h2-3,6-9,11,15H,4-5,10H2,1H3,(H,24,26). The molecular weight excluding hydrogens is 398 g/mol. The highest BCUT2D eigenvalue weighted by atomic mass is 32.1. The van der Waals surface area contributed by atoms with Crippen LogP contribution in [0.1, 0.15) is 28.9 Å². The van der Waals surface area contributed by atoms with E-state index in [1.807, 2.05) is 0 Å². The Kier molecular flexibility index (Phi) is 5.44. The number of nitrogens with zero attached hydrogens (tertiary/aromatic N) is 1. The van der Waals surface area contributed by atoms with Crippen LogP contribution in [0.2, 0.25) is 0 Å². The van der Waals surface area contributed by atoms with Gasteiger partial charge in [0.2, 0.25) is 0 Å². The number of aromatic nitrogens is 1. The Bertz CT molecular complexity index is 1050. The van der Waals surface area contributed by atoms with Gasteiger partial charge in [-0.3, -0.25) is 4.79 Å². The lowest BCUT2D eigenvalue weighted by Gasteiger charge is -2.12. The molecule has 4 rings (SSSR count). The first-order chi connectivity index (χ1) is 14.0. The predicted octanol–water partition coefficient (Wildman–Crippen LogP) is 4.57. The predicted molar refractivity (Wildman–Crippen MR) is 105 cm³/mol. The highest BCUT2D eigenvalue weighted by molar-refractivity contribution is 7.13. The molecule has 0 bridgehead atoms. The van der Waals surface area contributed by atoms with Crippen LogP contribution in [0, 0.1) is 11.6 Å². The number of amides is 1. The summed E-state index contributed by atoms with van der Waals surface area (Å²) in [6.45, 7) is -0.137. The van der Waals surface area contributed by atoms with Crippen molar-refractivity contribution in [2.45, 2.75) is 25.5 Å². The molecule has 1 fully saturated rings. The number of ether oxygens (including phenoxy) is 2. The van der Waals surface area contributed by atoms with E-state index in [0.717, 1.165) is 36.6 Å². The van der Waals surface area contributed by atoms with Gasteiger partial charge in [-0.1, -0.05) is 0 Å². The molecule has 0 aliphatic heterocycles. The van der Waals surface area contributed by atoms with Gasteiger partial charge in [-0.2, -0.15) is 0 Å². The molecule has 1 aliphatic rings. The van der Waals surface area contributed by atoms with Crippen molar-refractivity contribution in [1.29, 1.82) is 0 Å². The van der Waals surface area contributed by atoms with Crippen molar-refractivity contribution in [3.63, 3.8) is 0 Å². The summed E-state index contributed by atoms with van der Waals surface area (Å²) >= 11 is 1.36. The summed E-state index contributed by atoms with van der Waals surface area (Å²) in [6, 6.07) is 8.68. The van der Waals surface area contributed by atoms with Gasteiger partial charge in [-0.25, -0.2) is 13.8 Å². The SMILES string of the molecule is COc1cc(-c2nc(C(=O)NC3CC3)cs2)ccc1OCc1cc(F)ccc1F. The fourth-order valence-electron chi connectivity index (χ4n) is 2.73. The molecule has 0 unspecified atom stereocenters. The number of methoxy groups -OCH3 is 1. The Balaban J connectivity index is 1.50. The maximum absolute atomic E-state index is 13.8. The number of carbonyl (C=O) groups excluding carboxylic acids is 1.